The molecule has 0 fully saturated rings. The fraction of sp³-hybridized carbons (Fsp3) is 0.364. The number of halogens is 1. The Bertz CT molecular complexity index is 623. The average Bonchev–Trinajstić information content (AvgIpc) is 2.93. The van der Waals surface area contributed by atoms with E-state index in [1.54, 1.807) is 6.33 Å². The van der Waals surface area contributed by atoms with Gasteiger partial charge >= 0.3 is 0 Å². The van der Waals surface area contributed by atoms with Crippen molar-refractivity contribution in [2.75, 3.05) is 12.3 Å². The summed E-state index contributed by atoms with van der Waals surface area (Å²) in [6, 6.07) is 0.123. The zero-order chi connectivity index (χ0) is 12.7. The Kier molecular flexibility index (Phi) is 2.68. The number of rotatable bonds is 2. The molecule has 18 heavy (non-hydrogen) atoms. The van der Waals surface area contributed by atoms with Crippen LogP contribution in [0.3, 0.4) is 0 Å². The highest BCUT2D eigenvalue weighted by atomic mass is 35.5. The predicted molar refractivity (Wildman–Crippen MR) is 68.1 cm³/mol. The minimum atomic E-state index is 0.123. The molecule has 1 unspecified atom stereocenters. The minimum Gasteiger partial charge on any atom is -0.396 e. The van der Waals surface area contributed by atoms with Crippen molar-refractivity contribution < 1.29 is 5.11 Å². The zero-order valence-electron chi connectivity index (χ0n) is 9.49. The molecular weight excluding hydrogens is 254 g/mol. The van der Waals surface area contributed by atoms with Gasteiger partial charge in [0.1, 0.15) is 5.52 Å². The molecule has 94 valence electrons. The van der Waals surface area contributed by atoms with E-state index in [0.29, 0.717) is 11.2 Å². The fourth-order valence-electron chi connectivity index (χ4n) is 2.23. The third kappa shape index (κ3) is 1.74. The lowest BCUT2D eigenvalue weighted by molar-refractivity contribution is 0.244. The summed E-state index contributed by atoms with van der Waals surface area (Å²) in [6.07, 6.45) is 6.54. The lowest BCUT2D eigenvalue weighted by Crippen LogP contribution is -2.08. The smallest absolute Gasteiger partial charge is 0.223 e. The second-order valence-corrected chi connectivity index (χ2v) is 4.69. The first-order valence-corrected chi connectivity index (χ1v) is 6.01. The summed E-state index contributed by atoms with van der Waals surface area (Å²) in [6.45, 7) is 0.150. The molecule has 0 radical (unpaired) electrons. The molecule has 2 atom stereocenters. The van der Waals surface area contributed by atoms with E-state index in [2.05, 4.69) is 15.0 Å². The van der Waals surface area contributed by atoms with Gasteiger partial charge in [0.25, 0.3) is 0 Å². The van der Waals surface area contributed by atoms with Crippen molar-refractivity contribution in [2.24, 2.45) is 5.92 Å². The normalized spacial score (nSPS) is 23.0. The van der Waals surface area contributed by atoms with E-state index in [-0.39, 0.29) is 29.7 Å². The Labute approximate surface area is 108 Å². The number of anilines is 1. The van der Waals surface area contributed by atoms with Crippen molar-refractivity contribution >= 4 is 28.7 Å². The molecule has 2 aromatic heterocycles. The monoisotopic (exact) mass is 265 g/mol. The van der Waals surface area contributed by atoms with Gasteiger partial charge in [0.15, 0.2) is 10.8 Å². The van der Waals surface area contributed by atoms with Crippen LogP contribution in [-0.4, -0.2) is 31.2 Å². The van der Waals surface area contributed by atoms with Crippen molar-refractivity contribution in [3.05, 3.63) is 23.6 Å². The van der Waals surface area contributed by atoms with Gasteiger partial charge < -0.3 is 15.4 Å². The number of nitrogens with zero attached hydrogens (tertiary/aromatic N) is 4. The molecule has 3 rings (SSSR count). The number of aromatic nitrogens is 4. The predicted octanol–water partition coefficient (Wildman–Crippen LogP) is 1.17. The molecule has 2 aromatic rings. The average molecular weight is 266 g/mol. The zero-order valence-corrected chi connectivity index (χ0v) is 10.2. The molecule has 1 aliphatic carbocycles. The van der Waals surface area contributed by atoms with Crippen LogP contribution in [0.1, 0.15) is 12.5 Å². The fourth-order valence-corrected chi connectivity index (χ4v) is 2.45. The molecule has 6 nitrogen and oxygen atoms in total. The minimum absolute atomic E-state index is 0.123. The van der Waals surface area contributed by atoms with Crippen molar-refractivity contribution in [3.8, 4) is 0 Å². The largest absolute Gasteiger partial charge is 0.396 e. The summed E-state index contributed by atoms with van der Waals surface area (Å²) < 4.78 is 1.91. The summed E-state index contributed by atoms with van der Waals surface area (Å²) in [5.74, 6) is 0.317. The molecule has 3 N–H and O–H groups in total. The Morgan fingerprint density at radius 1 is 1.44 bits per heavy atom. The Balaban J connectivity index is 2.06. The lowest BCUT2D eigenvalue weighted by atomic mass is 10.1. The maximum atomic E-state index is 9.14. The maximum Gasteiger partial charge on any atom is 0.223 e. The van der Waals surface area contributed by atoms with E-state index in [9.17, 15) is 0 Å². The van der Waals surface area contributed by atoms with E-state index < -0.39 is 0 Å². The van der Waals surface area contributed by atoms with Crippen LogP contribution in [0.5, 0.6) is 0 Å². The summed E-state index contributed by atoms with van der Waals surface area (Å²) >= 11 is 5.97. The summed E-state index contributed by atoms with van der Waals surface area (Å²) in [5.41, 5.74) is 6.77. The molecule has 0 aliphatic heterocycles. The van der Waals surface area contributed by atoms with Gasteiger partial charge in [-0.2, -0.15) is 9.97 Å². The van der Waals surface area contributed by atoms with Gasteiger partial charge in [-0.15, -0.1) is 0 Å². The first kappa shape index (κ1) is 11.4. The van der Waals surface area contributed by atoms with Gasteiger partial charge in [-0.3, -0.25) is 0 Å². The summed E-state index contributed by atoms with van der Waals surface area (Å²) in [5, 5.41) is 9.40. The number of imidazole rings is 1. The highest BCUT2D eigenvalue weighted by molar-refractivity contribution is 6.33. The van der Waals surface area contributed by atoms with Crippen LogP contribution >= 0.6 is 11.6 Å². The maximum absolute atomic E-state index is 9.14. The number of aliphatic hydroxyl groups excluding tert-OH is 1. The Morgan fingerprint density at radius 2 is 2.28 bits per heavy atom. The highest BCUT2D eigenvalue weighted by Gasteiger charge is 2.22. The van der Waals surface area contributed by atoms with Gasteiger partial charge in [-0.25, -0.2) is 4.98 Å². The number of hydrogen-bond acceptors (Lipinski definition) is 5. The van der Waals surface area contributed by atoms with E-state index in [1.807, 2.05) is 16.7 Å². The van der Waals surface area contributed by atoms with Gasteiger partial charge in [-0.1, -0.05) is 23.8 Å². The quantitative estimate of drug-likeness (QED) is 0.628. The first-order chi connectivity index (χ1) is 8.69. The number of fused-ring (bicyclic) bond motifs is 1. The van der Waals surface area contributed by atoms with Crippen molar-refractivity contribution in [1.82, 2.24) is 19.5 Å². The molecule has 0 saturated heterocycles. The molecule has 0 aromatic carbocycles. The van der Waals surface area contributed by atoms with Crippen molar-refractivity contribution in [3.63, 3.8) is 0 Å². The molecule has 1 aliphatic rings. The lowest BCUT2D eigenvalue weighted by Gasteiger charge is -2.12. The standard InChI is InChI=1S/C11H12ClN5O/c12-9-8-10(16-11(13)15-9)17(5-14-8)7-2-1-6(3-7)4-18/h1-2,5-7,18H,3-4H2,(H2,13,15,16)/t6?,7-/m0/s1. The Hall–Kier alpha value is -1.66. The van der Waals surface area contributed by atoms with Crippen LogP contribution in [0.2, 0.25) is 5.15 Å². The molecule has 0 bridgehead atoms. The molecule has 0 saturated carbocycles. The van der Waals surface area contributed by atoms with Gasteiger partial charge in [0.05, 0.1) is 12.4 Å². The highest BCUT2D eigenvalue weighted by Crippen LogP contribution is 2.30. The number of aliphatic hydroxyl groups is 1. The summed E-state index contributed by atoms with van der Waals surface area (Å²) in [7, 11) is 0. The van der Waals surface area contributed by atoms with Crippen molar-refractivity contribution in [2.45, 2.75) is 12.5 Å². The number of hydrogen-bond donors (Lipinski definition) is 2. The van der Waals surface area contributed by atoms with Crippen LogP contribution < -0.4 is 5.73 Å². The molecule has 0 spiro atoms. The molecular formula is C11H12ClN5O. The third-order valence-corrected chi connectivity index (χ3v) is 3.40. The van der Waals surface area contributed by atoms with E-state index >= 15 is 0 Å². The third-order valence-electron chi connectivity index (χ3n) is 3.14. The topological polar surface area (TPSA) is 89.8 Å². The van der Waals surface area contributed by atoms with E-state index in [1.165, 1.54) is 0 Å². The molecule has 7 heteroatoms. The van der Waals surface area contributed by atoms with Crippen LogP contribution in [0, 0.1) is 5.92 Å². The number of allylic oxidation sites excluding steroid dienone is 1. The summed E-state index contributed by atoms with van der Waals surface area (Å²) in [4.78, 5) is 12.3. The van der Waals surface area contributed by atoms with Crippen molar-refractivity contribution in [1.29, 1.82) is 0 Å². The SMILES string of the molecule is Nc1nc(Cl)c2ncn([C@H]3C=CC(CO)C3)c2n1. The van der Waals surface area contributed by atoms with Crippen LogP contribution in [-0.2, 0) is 0 Å². The first-order valence-electron chi connectivity index (χ1n) is 5.63. The van der Waals surface area contributed by atoms with Gasteiger partial charge in [0, 0.05) is 12.5 Å². The van der Waals surface area contributed by atoms with E-state index in [4.69, 9.17) is 22.4 Å². The van der Waals surface area contributed by atoms with E-state index in [0.717, 1.165) is 6.42 Å². The van der Waals surface area contributed by atoms with Gasteiger partial charge in [-0.05, 0) is 6.42 Å². The van der Waals surface area contributed by atoms with Gasteiger partial charge in [0.2, 0.25) is 5.95 Å². The van der Waals surface area contributed by atoms with Crippen LogP contribution in [0.25, 0.3) is 11.2 Å². The molecule has 2 heterocycles. The Morgan fingerprint density at radius 3 is 3.00 bits per heavy atom. The molecule has 0 amide bonds. The van der Waals surface area contributed by atoms with Crippen LogP contribution in [0.4, 0.5) is 5.95 Å². The van der Waals surface area contributed by atoms with Crippen LogP contribution in [0.15, 0.2) is 18.5 Å². The second kappa shape index (κ2) is 4.22. The number of nitrogen functional groups attached to an aromatic ring is 1. The number of nitrogens with two attached hydrogens (primary N) is 1. The second-order valence-electron chi connectivity index (χ2n) is 4.33.